The van der Waals surface area contributed by atoms with Crippen molar-refractivity contribution in [3.8, 4) is 17.4 Å². The Balaban J connectivity index is 0.000000343. The second-order valence-electron chi connectivity index (χ2n) is 6.70. The number of hydrogen-bond acceptors (Lipinski definition) is 6. The minimum absolute atomic E-state index is 0.537. The number of nitrogens with zero attached hydrogens (tertiary/aromatic N) is 1. The molecule has 0 saturated carbocycles. The first-order valence-corrected chi connectivity index (χ1v) is 9.62. The molecule has 0 unspecified atom stereocenters. The number of rotatable bonds is 7. The molecule has 1 aromatic heterocycles. The lowest BCUT2D eigenvalue weighted by Crippen LogP contribution is -2.33. The number of carboxylic acid groups (broad SMARTS) is 2. The summed E-state index contributed by atoms with van der Waals surface area (Å²) in [7, 11) is 0. The highest BCUT2D eigenvalue weighted by molar-refractivity contribution is 5.89. The van der Waals surface area contributed by atoms with Crippen LogP contribution in [0.5, 0.6) is 17.4 Å². The smallest absolute Gasteiger partial charge is 0.328 e. The molecule has 1 atom stereocenters. The summed E-state index contributed by atoms with van der Waals surface area (Å²) in [5.41, 5.74) is 0.914. The third-order valence-corrected chi connectivity index (χ3v) is 4.16. The molecule has 1 aromatic carbocycles. The van der Waals surface area contributed by atoms with E-state index in [0.29, 0.717) is 36.3 Å². The number of ether oxygens (including phenoxy) is 2. The van der Waals surface area contributed by atoms with Crippen molar-refractivity contribution >= 4 is 11.9 Å². The first kappa shape index (κ1) is 22.9. The van der Waals surface area contributed by atoms with Crippen molar-refractivity contribution < 1.29 is 29.3 Å². The zero-order valence-electron chi connectivity index (χ0n) is 16.8. The molecule has 2 heterocycles. The quantitative estimate of drug-likeness (QED) is 0.591. The second kappa shape index (κ2) is 12.2. The molecular weight excluding hydrogens is 388 g/mol. The minimum Gasteiger partial charge on any atom is -0.488 e. The van der Waals surface area contributed by atoms with E-state index in [1.54, 1.807) is 0 Å². The summed E-state index contributed by atoms with van der Waals surface area (Å²) in [5.74, 6) is 0.0548. The van der Waals surface area contributed by atoms with E-state index in [4.69, 9.17) is 19.7 Å². The average molecular weight is 414 g/mol. The van der Waals surface area contributed by atoms with Gasteiger partial charge in [-0.25, -0.2) is 14.6 Å². The Morgan fingerprint density at radius 1 is 1.13 bits per heavy atom. The summed E-state index contributed by atoms with van der Waals surface area (Å²) in [5, 5.41) is 19.0. The number of pyridine rings is 1. The van der Waals surface area contributed by atoms with Crippen LogP contribution < -0.4 is 14.8 Å². The number of aryl methyl sites for hydroxylation is 1. The number of nitrogens with one attached hydrogen (secondary N) is 1. The van der Waals surface area contributed by atoms with Crippen LogP contribution >= 0.6 is 0 Å². The Morgan fingerprint density at radius 2 is 1.83 bits per heavy atom. The molecule has 0 amide bonds. The fourth-order valence-electron chi connectivity index (χ4n) is 2.72. The molecule has 0 spiro atoms. The van der Waals surface area contributed by atoms with Gasteiger partial charge in [0, 0.05) is 30.3 Å². The zero-order chi connectivity index (χ0) is 21.8. The van der Waals surface area contributed by atoms with Crippen molar-refractivity contribution in [3.63, 3.8) is 0 Å². The summed E-state index contributed by atoms with van der Waals surface area (Å²) in [6, 6.07) is 13.6. The fraction of sp³-hybridized carbons (Fsp3) is 0.318. The van der Waals surface area contributed by atoms with Gasteiger partial charge in [0.05, 0.1) is 6.61 Å². The van der Waals surface area contributed by atoms with Crippen molar-refractivity contribution in [3.05, 3.63) is 60.3 Å². The molecule has 1 aliphatic heterocycles. The summed E-state index contributed by atoms with van der Waals surface area (Å²) in [4.78, 5) is 23.6. The number of para-hydroxylation sites is 1. The maximum absolute atomic E-state index is 9.55. The molecule has 3 rings (SSSR count). The predicted molar refractivity (Wildman–Crippen MR) is 111 cm³/mol. The number of hydrogen-bond donors (Lipinski definition) is 3. The lowest BCUT2D eigenvalue weighted by atomic mass is 10.0. The maximum atomic E-state index is 9.55. The molecule has 8 heteroatoms. The summed E-state index contributed by atoms with van der Waals surface area (Å²) in [6.07, 6.45) is 3.54. The van der Waals surface area contributed by atoms with E-state index in [-0.39, 0.29) is 0 Å². The predicted octanol–water partition coefficient (Wildman–Crippen LogP) is 3.27. The first-order valence-electron chi connectivity index (χ1n) is 9.62. The third-order valence-electron chi connectivity index (χ3n) is 4.16. The third kappa shape index (κ3) is 8.74. The molecular formula is C22H26N2O6. The van der Waals surface area contributed by atoms with E-state index in [9.17, 15) is 9.59 Å². The molecule has 3 N–H and O–H groups in total. The van der Waals surface area contributed by atoms with Gasteiger partial charge < -0.3 is 25.0 Å². The van der Waals surface area contributed by atoms with Gasteiger partial charge in [0.2, 0.25) is 0 Å². The van der Waals surface area contributed by atoms with Crippen LogP contribution in [0.4, 0.5) is 0 Å². The van der Waals surface area contributed by atoms with Crippen LogP contribution in [0.2, 0.25) is 0 Å². The molecule has 160 valence electrons. The average Bonchev–Trinajstić information content (AvgIpc) is 2.74. The summed E-state index contributed by atoms with van der Waals surface area (Å²) >= 11 is 0. The SMILES string of the molecule is Cc1ccc(OC[C@H]2CCCNC2)c(Oc2ccccc2)n1.O=C(O)/C=C/C(=O)O. The van der Waals surface area contributed by atoms with Crippen molar-refractivity contribution in [1.29, 1.82) is 0 Å². The highest BCUT2D eigenvalue weighted by atomic mass is 16.5. The van der Waals surface area contributed by atoms with E-state index in [0.717, 1.165) is 24.5 Å². The van der Waals surface area contributed by atoms with Crippen molar-refractivity contribution in [1.82, 2.24) is 10.3 Å². The van der Waals surface area contributed by atoms with Crippen LogP contribution in [0.25, 0.3) is 0 Å². The highest BCUT2D eigenvalue weighted by Crippen LogP contribution is 2.30. The molecule has 0 radical (unpaired) electrons. The molecule has 0 aliphatic carbocycles. The number of benzene rings is 1. The standard InChI is InChI=1S/C18H22N2O2.C4H4O4/c1-14-9-10-17(21-13-15-6-5-11-19-12-15)18(20-14)22-16-7-3-2-4-8-16;5-3(6)1-2-4(7)8/h2-4,7-10,15,19H,5-6,11-13H2,1H3;1-2H,(H,5,6)(H,7,8)/b;2-1+/t15-;/m0./s1. The normalized spacial score (nSPS) is 15.7. The van der Waals surface area contributed by atoms with Gasteiger partial charge in [-0.1, -0.05) is 18.2 Å². The molecule has 30 heavy (non-hydrogen) atoms. The van der Waals surface area contributed by atoms with Gasteiger partial charge in [0.1, 0.15) is 5.75 Å². The topological polar surface area (TPSA) is 118 Å². The van der Waals surface area contributed by atoms with E-state index in [2.05, 4.69) is 10.3 Å². The van der Waals surface area contributed by atoms with Crippen LogP contribution in [0.1, 0.15) is 18.5 Å². The first-order chi connectivity index (χ1) is 14.4. The van der Waals surface area contributed by atoms with Gasteiger partial charge in [-0.15, -0.1) is 0 Å². The Labute approximate surface area is 175 Å². The number of aromatic nitrogens is 1. The molecule has 1 saturated heterocycles. The number of carbonyl (C=O) groups is 2. The van der Waals surface area contributed by atoms with Crippen molar-refractivity contribution in [2.24, 2.45) is 5.92 Å². The van der Waals surface area contributed by atoms with Crippen LogP contribution in [0.15, 0.2) is 54.6 Å². The van der Waals surface area contributed by atoms with Gasteiger partial charge in [-0.05, 0) is 50.6 Å². The lowest BCUT2D eigenvalue weighted by Gasteiger charge is -2.23. The van der Waals surface area contributed by atoms with Crippen molar-refractivity contribution in [2.75, 3.05) is 19.7 Å². The van der Waals surface area contributed by atoms with E-state index < -0.39 is 11.9 Å². The number of piperidine rings is 1. The van der Waals surface area contributed by atoms with E-state index >= 15 is 0 Å². The lowest BCUT2D eigenvalue weighted by molar-refractivity contribution is -0.134. The van der Waals surface area contributed by atoms with Gasteiger partial charge in [-0.3, -0.25) is 0 Å². The number of aliphatic carboxylic acids is 2. The monoisotopic (exact) mass is 414 g/mol. The second-order valence-corrected chi connectivity index (χ2v) is 6.70. The summed E-state index contributed by atoms with van der Waals surface area (Å²) in [6.45, 7) is 4.79. The Kier molecular flexibility index (Phi) is 9.33. The molecule has 8 nitrogen and oxygen atoms in total. The maximum Gasteiger partial charge on any atom is 0.328 e. The van der Waals surface area contributed by atoms with Crippen molar-refractivity contribution in [2.45, 2.75) is 19.8 Å². The molecule has 1 aliphatic rings. The van der Waals surface area contributed by atoms with Crippen LogP contribution in [-0.4, -0.2) is 46.8 Å². The van der Waals surface area contributed by atoms with Gasteiger partial charge in [0.15, 0.2) is 5.75 Å². The number of carboxylic acids is 2. The van der Waals surface area contributed by atoms with E-state index in [1.807, 2.05) is 49.4 Å². The molecule has 0 bridgehead atoms. The van der Waals surface area contributed by atoms with Crippen LogP contribution in [0.3, 0.4) is 0 Å². The van der Waals surface area contributed by atoms with Gasteiger partial charge >= 0.3 is 11.9 Å². The van der Waals surface area contributed by atoms with Crippen LogP contribution in [-0.2, 0) is 9.59 Å². The summed E-state index contributed by atoms with van der Waals surface area (Å²) < 4.78 is 11.9. The fourth-order valence-corrected chi connectivity index (χ4v) is 2.72. The molecule has 1 fully saturated rings. The Hall–Kier alpha value is -3.39. The van der Waals surface area contributed by atoms with Gasteiger partial charge in [-0.2, -0.15) is 0 Å². The van der Waals surface area contributed by atoms with Gasteiger partial charge in [0.25, 0.3) is 5.88 Å². The van der Waals surface area contributed by atoms with Crippen LogP contribution in [0, 0.1) is 12.8 Å². The highest BCUT2D eigenvalue weighted by Gasteiger charge is 2.15. The Bertz CT molecular complexity index is 832. The Morgan fingerprint density at radius 3 is 2.43 bits per heavy atom. The molecule has 2 aromatic rings. The minimum atomic E-state index is -1.26. The zero-order valence-corrected chi connectivity index (χ0v) is 16.8. The van der Waals surface area contributed by atoms with E-state index in [1.165, 1.54) is 12.8 Å². The largest absolute Gasteiger partial charge is 0.488 e.